The molecular weight excluding hydrogens is 225 g/mol. The number of nitrogens with zero attached hydrogens (tertiary/aromatic N) is 1. The van der Waals surface area contributed by atoms with E-state index in [0.717, 1.165) is 0 Å². The molecule has 2 nitrogen and oxygen atoms in total. The zero-order valence-corrected chi connectivity index (χ0v) is 7.43. The maximum atomic E-state index is 13.1. The fourth-order valence-electron chi connectivity index (χ4n) is 0.762. The molecule has 1 aromatic rings. The van der Waals surface area contributed by atoms with Crippen molar-refractivity contribution >= 4 is 22.2 Å². The zero-order valence-electron chi connectivity index (χ0n) is 5.84. The minimum atomic E-state index is -0.776. The Bertz CT molecular complexity index is 370. The Morgan fingerprint density at radius 1 is 1.58 bits per heavy atom. The van der Waals surface area contributed by atoms with Gasteiger partial charge >= 0.3 is 0 Å². The first-order chi connectivity index (χ1) is 5.70. The Hall–Kier alpha value is -1.21. The summed E-state index contributed by atoms with van der Waals surface area (Å²) >= 11 is 2.99. The van der Waals surface area contributed by atoms with E-state index >= 15 is 0 Å². The van der Waals surface area contributed by atoms with Gasteiger partial charge in [-0.15, -0.1) is 0 Å². The second-order valence-electron chi connectivity index (χ2n) is 2.06. The van der Waals surface area contributed by atoms with Crippen LogP contribution in [0.2, 0.25) is 0 Å². The molecule has 0 atom stereocenters. The summed E-state index contributed by atoms with van der Waals surface area (Å²) in [6, 6.07) is 4.43. The van der Waals surface area contributed by atoms with Crippen LogP contribution >= 0.6 is 15.9 Å². The maximum Gasteiger partial charge on any atom is 0.153 e. The number of aldehydes is 1. The van der Waals surface area contributed by atoms with Crippen molar-refractivity contribution in [3.8, 4) is 6.07 Å². The molecule has 0 N–H and O–H groups in total. The standard InChI is InChI=1S/C8H3BrFNO/c9-7-2-1-5(4-12)8(10)6(7)3-11/h1-2,4H. The van der Waals surface area contributed by atoms with Crippen molar-refractivity contribution in [3.63, 3.8) is 0 Å². The molecule has 1 rings (SSSR count). The number of rotatable bonds is 1. The molecule has 0 aliphatic carbocycles. The van der Waals surface area contributed by atoms with Gasteiger partial charge in [-0.25, -0.2) is 4.39 Å². The van der Waals surface area contributed by atoms with Crippen molar-refractivity contribution in [3.05, 3.63) is 33.5 Å². The molecule has 0 fully saturated rings. The summed E-state index contributed by atoms with van der Waals surface area (Å²) < 4.78 is 13.4. The fourth-order valence-corrected chi connectivity index (χ4v) is 1.16. The summed E-state index contributed by atoms with van der Waals surface area (Å²) in [5.74, 6) is -0.776. The smallest absolute Gasteiger partial charge is 0.153 e. The molecular formula is C8H3BrFNO. The molecule has 0 amide bonds. The number of carbonyl (C=O) groups is 1. The van der Waals surface area contributed by atoms with Crippen molar-refractivity contribution < 1.29 is 9.18 Å². The average molecular weight is 228 g/mol. The Morgan fingerprint density at radius 2 is 2.25 bits per heavy atom. The van der Waals surface area contributed by atoms with E-state index in [0.29, 0.717) is 10.8 Å². The van der Waals surface area contributed by atoms with Crippen molar-refractivity contribution in [2.75, 3.05) is 0 Å². The average Bonchev–Trinajstić information content (AvgIpc) is 2.06. The number of benzene rings is 1. The molecule has 0 saturated heterocycles. The fraction of sp³-hybridized carbons (Fsp3) is 0. The van der Waals surface area contributed by atoms with Gasteiger partial charge in [-0.2, -0.15) is 5.26 Å². The normalized spacial score (nSPS) is 9.08. The predicted molar refractivity (Wildman–Crippen MR) is 44.2 cm³/mol. The molecule has 1 aromatic carbocycles. The first-order valence-corrected chi connectivity index (χ1v) is 3.83. The summed E-state index contributed by atoms with van der Waals surface area (Å²) in [4.78, 5) is 10.2. The molecule has 60 valence electrons. The van der Waals surface area contributed by atoms with Crippen LogP contribution < -0.4 is 0 Å². The van der Waals surface area contributed by atoms with Crippen LogP contribution in [0.15, 0.2) is 16.6 Å². The highest BCUT2D eigenvalue weighted by molar-refractivity contribution is 9.10. The predicted octanol–water partition coefficient (Wildman–Crippen LogP) is 2.27. The van der Waals surface area contributed by atoms with Crippen molar-refractivity contribution in [1.29, 1.82) is 5.26 Å². The lowest BCUT2D eigenvalue weighted by Crippen LogP contribution is -1.92. The molecule has 0 saturated carbocycles. The highest BCUT2D eigenvalue weighted by Gasteiger charge is 2.10. The van der Waals surface area contributed by atoms with Crippen LogP contribution in [0.4, 0.5) is 4.39 Å². The number of nitriles is 1. The summed E-state index contributed by atoms with van der Waals surface area (Å²) in [7, 11) is 0. The third-order valence-electron chi connectivity index (χ3n) is 1.36. The number of carbonyl (C=O) groups excluding carboxylic acids is 1. The number of hydrogen-bond acceptors (Lipinski definition) is 2. The Kier molecular flexibility index (Phi) is 2.56. The van der Waals surface area contributed by atoms with E-state index in [4.69, 9.17) is 5.26 Å². The van der Waals surface area contributed by atoms with E-state index in [-0.39, 0.29) is 11.1 Å². The minimum absolute atomic E-state index is 0.102. The molecule has 0 aliphatic heterocycles. The molecule has 12 heavy (non-hydrogen) atoms. The molecule has 0 aromatic heterocycles. The van der Waals surface area contributed by atoms with Crippen LogP contribution in [0, 0.1) is 17.1 Å². The van der Waals surface area contributed by atoms with Crippen molar-refractivity contribution in [2.45, 2.75) is 0 Å². The van der Waals surface area contributed by atoms with E-state index in [2.05, 4.69) is 15.9 Å². The van der Waals surface area contributed by atoms with Crippen LogP contribution in [0.5, 0.6) is 0 Å². The van der Waals surface area contributed by atoms with E-state index < -0.39 is 5.82 Å². The quantitative estimate of drug-likeness (QED) is 0.691. The van der Waals surface area contributed by atoms with Crippen LogP contribution in [0.3, 0.4) is 0 Å². The summed E-state index contributed by atoms with van der Waals surface area (Å²) in [6.07, 6.45) is 0.378. The number of hydrogen-bond donors (Lipinski definition) is 0. The summed E-state index contributed by atoms with van der Waals surface area (Å²) in [5.41, 5.74) is -0.241. The topological polar surface area (TPSA) is 40.9 Å². The van der Waals surface area contributed by atoms with E-state index in [1.807, 2.05) is 0 Å². The van der Waals surface area contributed by atoms with Gasteiger partial charge in [0.15, 0.2) is 12.1 Å². The minimum Gasteiger partial charge on any atom is -0.298 e. The lowest BCUT2D eigenvalue weighted by Gasteiger charge is -1.98. The van der Waals surface area contributed by atoms with Crippen LogP contribution in [-0.2, 0) is 0 Å². The third kappa shape index (κ3) is 1.36. The van der Waals surface area contributed by atoms with Gasteiger partial charge in [-0.1, -0.05) is 0 Å². The SMILES string of the molecule is N#Cc1c(Br)ccc(C=O)c1F. The van der Waals surface area contributed by atoms with Crippen molar-refractivity contribution in [2.24, 2.45) is 0 Å². The Morgan fingerprint density at radius 3 is 2.75 bits per heavy atom. The summed E-state index contributed by atoms with van der Waals surface area (Å²) in [6.45, 7) is 0. The largest absolute Gasteiger partial charge is 0.298 e. The maximum absolute atomic E-state index is 13.1. The van der Waals surface area contributed by atoms with E-state index in [1.165, 1.54) is 12.1 Å². The van der Waals surface area contributed by atoms with Gasteiger partial charge in [0.25, 0.3) is 0 Å². The van der Waals surface area contributed by atoms with E-state index in [1.54, 1.807) is 6.07 Å². The molecule has 0 radical (unpaired) electrons. The number of halogens is 2. The van der Waals surface area contributed by atoms with Crippen LogP contribution in [-0.4, -0.2) is 6.29 Å². The van der Waals surface area contributed by atoms with Gasteiger partial charge < -0.3 is 0 Å². The van der Waals surface area contributed by atoms with Gasteiger partial charge in [0, 0.05) is 4.47 Å². The first-order valence-electron chi connectivity index (χ1n) is 3.04. The van der Waals surface area contributed by atoms with Gasteiger partial charge in [0.1, 0.15) is 11.6 Å². The molecule has 0 bridgehead atoms. The van der Waals surface area contributed by atoms with E-state index in [9.17, 15) is 9.18 Å². The lowest BCUT2D eigenvalue weighted by atomic mass is 10.1. The monoisotopic (exact) mass is 227 g/mol. The second-order valence-corrected chi connectivity index (χ2v) is 2.91. The van der Waals surface area contributed by atoms with Gasteiger partial charge in [-0.05, 0) is 28.1 Å². The molecule has 0 aliphatic rings. The van der Waals surface area contributed by atoms with Crippen molar-refractivity contribution in [1.82, 2.24) is 0 Å². The summed E-state index contributed by atoms with van der Waals surface area (Å²) in [5, 5.41) is 8.48. The first kappa shape index (κ1) is 8.88. The van der Waals surface area contributed by atoms with Gasteiger partial charge in [0.05, 0.1) is 5.56 Å². The lowest BCUT2D eigenvalue weighted by molar-refractivity contribution is 0.111. The highest BCUT2D eigenvalue weighted by atomic mass is 79.9. The molecule has 0 unspecified atom stereocenters. The van der Waals surface area contributed by atoms with Gasteiger partial charge in [-0.3, -0.25) is 4.79 Å². The second kappa shape index (κ2) is 3.46. The van der Waals surface area contributed by atoms with Gasteiger partial charge in [0.2, 0.25) is 0 Å². The zero-order chi connectivity index (χ0) is 9.14. The Labute approximate surface area is 76.7 Å². The molecule has 0 heterocycles. The van der Waals surface area contributed by atoms with Crippen LogP contribution in [0.1, 0.15) is 15.9 Å². The third-order valence-corrected chi connectivity index (χ3v) is 2.02. The Balaban J connectivity index is 3.46. The highest BCUT2D eigenvalue weighted by Crippen LogP contribution is 2.20. The molecule has 0 spiro atoms. The van der Waals surface area contributed by atoms with Crippen LogP contribution in [0.25, 0.3) is 0 Å². The molecule has 4 heteroatoms.